The van der Waals surface area contributed by atoms with Gasteiger partial charge in [0.05, 0.1) is 12.5 Å². The van der Waals surface area contributed by atoms with Gasteiger partial charge >= 0.3 is 5.97 Å². The zero-order valence-electron chi connectivity index (χ0n) is 15.0. The Morgan fingerprint density at radius 1 is 1.30 bits per heavy atom. The third kappa shape index (κ3) is 7.68. The number of esters is 1. The number of nitrogens with zero attached hydrogens (tertiary/aromatic N) is 2. The lowest BCUT2D eigenvalue weighted by atomic mass is 9.98. The van der Waals surface area contributed by atoms with Gasteiger partial charge in [0, 0.05) is 39.9 Å². The van der Waals surface area contributed by atoms with E-state index in [1.165, 1.54) is 0 Å². The molecule has 0 aromatic rings. The summed E-state index contributed by atoms with van der Waals surface area (Å²) >= 11 is 0. The summed E-state index contributed by atoms with van der Waals surface area (Å²) in [5, 5.41) is 3.34. The van der Waals surface area contributed by atoms with Crippen LogP contribution in [0.5, 0.6) is 0 Å². The van der Waals surface area contributed by atoms with E-state index in [-0.39, 0.29) is 11.9 Å². The highest BCUT2D eigenvalue weighted by atomic mass is 16.5. The highest BCUT2D eigenvalue weighted by Gasteiger charge is 2.28. The van der Waals surface area contributed by atoms with Crippen LogP contribution in [0.15, 0.2) is 4.99 Å². The molecule has 1 N–H and O–H groups in total. The Morgan fingerprint density at radius 2 is 2.13 bits per heavy atom. The van der Waals surface area contributed by atoms with E-state index in [4.69, 9.17) is 14.5 Å². The molecule has 0 aromatic carbocycles. The second-order valence-corrected chi connectivity index (χ2v) is 5.83. The van der Waals surface area contributed by atoms with Crippen molar-refractivity contribution in [3.05, 3.63) is 0 Å². The average Bonchev–Trinajstić information content (AvgIpc) is 2.57. The number of ether oxygens (including phenoxy) is 2. The number of guanidine groups is 1. The molecule has 0 aliphatic carbocycles. The minimum atomic E-state index is -0.0763. The number of piperidine rings is 1. The molecule has 6 heteroatoms. The van der Waals surface area contributed by atoms with Crippen LogP contribution in [0, 0.1) is 5.92 Å². The molecular formula is C17H33N3O3. The topological polar surface area (TPSA) is 63.2 Å². The molecule has 1 unspecified atom stereocenters. The molecule has 1 rings (SSSR count). The van der Waals surface area contributed by atoms with Crippen LogP contribution in [0.4, 0.5) is 0 Å². The van der Waals surface area contributed by atoms with Crippen molar-refractivity contribution >= 4 is 11.9 Å². The van der Waals surface area contributed by atoms with Gasteiger partial charge in [0.15, 0.2) is 5.96 Å². The molecule has 23 heavy (non-hydrogen) atoms. The van der Waals surface area contributed by atoms with E-state index in [1.54, 1.807) is 7.11 Å². The maximum absolute atomic E-state index is 12.0. The highest BCUT2D eigenvalue weighted by Crippen LogP contribution is 2.18. The van der Waals surface area contributed by atoms with E-state index < -0.39 is 0 Å². The van der Waals surface area contributed by atoms with Crippen molar-refractivity contribution in [2.24, 2.45) is 10.9 Å². The van der Waals surface area contributed by atoms with E-state index in [0.717, 1.165) is 64.3 Å². The lowest BCUT2D eigenvalue weighted by molar-refractivity contribution is -0.149. The monoisotopic (exact) mass is 327 g/mol. The number of rotatable bonds is 9. The SMILES string of the molecule is CCNC(=NCCCCCOC)N1CCCC(C(=O)OCC)C1. The number of carbonyl (C=O) groups excluding carboxylic acids is 1. The number of nitrogens with one attached hydrogen (secondary N) is 1. The molecule has 0 radical (unpaired) electrons. The average molecular weight is 327 g/mol. The lowest BCUT2D eigenvalue weighted by Crippen LogP contribution is -2.48. The first-order valence-corrected chi connectivity index (χ1v) is 8.91. The molecule has 134 valence electrons. The molecule has 0 saturated carbocycles. The quantitative estimate of drug-likeness (QED) is 0.304. The molecule has 1 aliphatic rings. The normalized spacial score (nSPS) is 18.8. The number of hydrogen-bond acceptors (Lipinski definition) is 4. The fraction of sp³-hybridized carbons (Fsp3) is 0.882. The van der Waals surface area contributed by atoms with Crippen LogP contribution in [0.3, 0.4) is 0 Å². The van der Waals surface area contributed by atoms with Crippen molar-refractivity contribution in [1.82, 2.24) is 10.2 Å². The van der Waals surface area contributed by atoms with E-state index in [0.29, 0.717) is 13.2 Å². The Morgan fingerprint density at radius 3 is 2.83 bits per heavy atom. The zero-order valence-corrected chi connectivity index (χ0v) is 15.0. The molecule has 1 aliphatic heterocycles. The fourth-order valence-corrected chi connectivity index (χ4v) is 2.77. The van der Waals surface area contributed by atoms with Gasteiger partial charge in [0.1, 0.15) is 0 Å². The van der Waals surface area contributed by atoms with Crippen LogP contribution in [0.25, 0.3) is 0 Å². The van der Waals surface area contributed by atoms with Crippen molar-refractivity contribution in [3.8, 4) is 0 Å². The number of aliphatic imine (C=N–C) groups is 1. The van der Waals surface area contributed by atoms with E-state index in [2.05, 4.69) is 17.1 Å². The van der Waals surface area contributed by atoms with Gasteiger partial charge in [-0.3, -0.25) is 9.79 Å². The molecule has 0 aromatic heterocycles. The van der Waals surface area contributed by atoms with Crippen LogP contribution >= 0.6 is 0 Å². The van der Waals surface area contributed by atoms with Crippen molar-refractivity contribution in [2.75, 3.05) is 46.5 Å². The first-order chi connectivity index (χ1) is 11.2. The summed E-state index contributed by atoms with van der Waals surface area (Å²) in [7, 11) is 1.73. The first kappa shape index (κ1) is 19.7. The van der Waals surface area contributed by atoms with Crippen LogP contribution in [0.1, 0.15) is 46.0 Å². The molecule has 1 atom stereocenters. The summed E-state index contributed by atoms with van der Waals surface area (Å²) in [4.78, 5) is 18.9. The van der Waals surface area contributed by atoms with Gasteiger partial charge in [-0.15, -0.1) is 0 Å². The first-order valence-electron chi connectivity index (χ1n) is 8.91. The Balaban J connectivity index is 2.49. The maximum atomic E-state index is 12.0. The molecule has 1 heterocycles. The van der Waals surface area contributed by atoms with Gasteiger partial charge < -0.3 is 19.7 Å². The largest absolute Gasteiger partial charge is 0.466 e. The summed E-state index contributed by atoms with van der Waals surface area (Å²) in [5.41, 5.74) is 0. The number of hydrogen-bond donors (Lipinski definition) is 1. The highest BCUT2D eigenvalue weighted by molar-refractivity contribution is 5.81. The van der Waals surface area contributed by atoms with Gasteiger partial charge in [0.25, 0.3) is 0 Å². The molecule has 0 bridgehead atoms. The molecule has 6 nitrogen and oxygen atoms in total. The second-order valence-electron chi connectivity index (χ2n) is 5.83. The minimum absolute atomic E-state index is 0.0331. The van der Waals surface area contributed by atoms with E-state index >= 15 is 0 Å². The fourth-order valence-electron chi connectivity index (χ4n) is 2.77. The van der Waals surface area contributed by atoms with Gasteiger partial charge in [-0.05, 0) is 46.0 Å². The number of carbonyl (C=O) groups is 1. The molecule has 0 amide bonds. The van der Waals surface area contributed by atoms with Crippen molar-refractivity contribution in [1.29, 1.82) is 0 Å². The Kier molecular flexibility index (Phi) is 10.4. The van der Waals surface area contributed by atoms with E-state index in [1.807, 2.05) is 6.92 Å². The second kappa shape index (κ2) is 12.2. The molecule has 1 saturated heterocycles. The molecule has 1 fully saturated rings. The minimum Gasteiger partial charge on any atom is -0.466 e. The summed E-state index contributed by atoms with van der Waals surface area (Å²) < 4.78 is 10.2. The zero-order chi connectivity index (χ0) is 16.9. The third-order valence-electron chi connectivity index (χ3n) is 3.94. The Labute approximate surface area is 140 Å². The maximum Gasteiger partial charge on any atom is 0.310 e. The molecular weight excluding hydrogens is 294 g/mol. The predicted octanol–water partition coefficient (Wildman–Crippen LogP) is 2.04. The summed E-state index contributed by atoms with van der Waals surface area (Å²) in [6.07, 6.45) is 5.18. The Hall–Kier alpha value is -1.30. The van der Waals surface area contributed by atoms with Crippen molar-refractivity contribution in [2.45, 2.75) is 46.0 Å². The summed E-state index contributed by atoms with van der Waals surface area (Å²) in [6.45, 7) is 8.49. The lowest BCUT2D eigenvalue weighted by Gasteiger charge is -2.34. The van der Waals surface area contributed by atoms with Gasteiger partial charge in [-0.25, -0.2) is 0 Å². The smallest absolute Gasteiger partial charge is 0.310 e. The van der Waals surface area contributed by atoms with Crippen LogP contribution in [0.2, 0.25) is 0 Å². The van der Waals surface area contributed by atoms with Crippen LogP contribution in [-0.4, -0.2) is 63.3 Å². The van der Waals surface area contributed by atoms with Crippen molar-refractivity contribution < 1.29 is 14.3 Å². The van der Waals surface area contributed by atoms with Crippen LogP contribution in [-0.2, 0) is 14.3 Å². The number of likely N-dealkylation sites (tertiary alicyclic amines) is 1. The number of methoxy groups -OCH3 is 1. The van der Waals surface area contributed by atoms with Gasteiger partial charge in [0.2, 0.25) is 0 Å². The van der Waals surface area contributed by atoms with Gasteiger partial charge in [-0.2, -0.15) is 0 Å². The van der Waals surface area contributed by atoms with Crippen LogP contribution < -0.4 is 5.32 Å². The summed E-state index contributed by atoms with van der Waals surface area (Å²) in [5.74, 6) is 0.815. The van der Waals surface area contributed by atoms with E-state index in [9.17, 15) is 4.79 Å². The molecule has 0 spiro atoms. The summed E-state index contributed by atoms with van der Waals surface area (Å²) in [6, 6.07) is 0. The third-order valence-corrected chi connectivity index (χ3v) is 3.94. The number of unbranched alkanes of at least 4 members (excludes halogenated alkanes) is 2. The van der Waals surface area contributed by atoms with Gasteiger partial charge in [-0.1, -0.05) is 0 Å². The standard InChI is InChI=1S/C17H33N3O3/c1-4-18-17(19-11-7-6-8-13-22-3)20-12-9-10-15(14-20)16(21)23-5-2/h15H,4-14H2,1-3H3,(H,18,19). The van der Waals surface area contributed by atoms with Crippen molar-refractivity contribution in [3.63, 3.8) is 0 Å². The predicted molar refractivity (Wildman–Crippen MR) is 92.6 cm³/mol. The Bertz CT molecular complexity index is 361.